The van der Waals surface area contributed by atoms with Gasteiger partial charge < -0.3 is 14.6 Å². The molecule has 0 aliphatic carbocycles. The van der Waals surface area contributed by atoms with Crippen molar-refractivity contribution < 1.29 is 24.2 Å². The number of benzene rings is 4. The standard InChI is InChI=1S/C34H25BrClN3O5S2/c1-43-27-17-22(13-16-26(27)44-18-20-7-3-2-4-8-20)29-28(30(40)21-11-14-24(35)15-12-21)31(41)32(42)39(29)33-37-38-34(46-33)45-19-23-9-5-6-10-25(23)36/h2-17,29,40H,18-19H2,1H3/b30-28-. The van der Waals surface area contributed by atoms with Crippen molar-refractivity contribution in [3.63, 3.8) is 0 Å². The Hall–Kier alpha value is -4.16. The van der Waals surface area contributed by atoms with Crippen molar-refractivity contribution in [2.24, 2.45) is 0 Å². The second-order valence-electron chi connectivity index (χ2n) is 10.1. The zero-order chi connectivity index (χ0) is 32.2. The van der Waals surface area contributed by atoms with Crippen LogP contribution in [0, 0.1) is 0 Å². The summed E-state index contributed by atoms with van der Waals surface area (Å²) in [5.41, 5.74) is 2.74. The molecule has 6 rings (SSSR count). The number of Topliss-reactive ketones (excluding diaryl/α,β-unsaturated/α-hetero) is 1. The molecule has 1 saturated heterocycles. The van der Waals surface area contributed by atoms with E-state index in [9.17, 15) is 14.7 Å². The lowest BCUT2D eigenvalue weighted by atomic mass is 9.95. The zero-order valence-electron chi connectivity index (χ0n) is 24.2. The Bertz CT molecular complexity index is 1940. The quantitative estimate of drug-likeness (QED) is 0.0502. The Balaban J connectivity index is 1.38. The third kappa shape index (κ3) is 6.68. The Morgan fingerprint density at radius 1 is 0.978 bits per heavy atom. The molecule has 4 aromatic carbocycles. The Morgan fingerprint density at radius 3 is 2.46 bits per heavy atom. The van der Waals surface area contributed by atoms with Crippen LogP contribution in [0.4, 0.5) is 5.13 Å². The van der Waals surface area contributed by atoms with E-state index < -0.39 is 17.7 Å². The monoisotopic (exact) mass is 733 g/mol. The van der Waals surface area contributed by atoms with E-state index in [1.807, 2.05) is 54.6 Å². The van der Waals surface area contributed by atoms with Gasteiger partial charge >= 0.3 is 5.91 Å². The lowest BCUT2D eigenvalue weighted by Crippen LogP contribution is -2.29. The second kappa shape index (κ2) is 14.1. The first-order chi connectivity index (χ1) is 22.3. The van der Waals surface area contributed by atoms with E-state index in [0.29, 0.717) is 44.3 Å². The van der Waals surface area contributed by atoms with Gasteiger partial charge in [-0.1, -0.05) is 117 Å². The Labute approximate surface area is 286 Å². The molecule has 1 fully saturated rings. The molecule has 1 aliphatic heterocycles. The van der Waals surface area contributed by atoms with Crippen LogP contribution in [0.2, 0.25) is 5.02 Å². The van der Waals surface area contributed by atoms with Gasteiger partial charge in [-0.25, -0.2) is 0 Å². The molecule has 8 nitrogen and oxygen atoms in total. The minimum atomic E-state index is -1.02. The van der Waals surface area contributed by atoms with Crippen LogP contribution in [-0.2, 0) is 21.9 Å². The van der Waals surface area contributed by atoms with E-state index >= 15 is 0 Å². The molecule has 1 atom stereocenters. The maximum Gasteiger partial charge on any atom is 0.301 e. The molecule has 5 aromatic rings. The van der Waals surface area contributed by atoms with Crippen molar-refractivity contribution in [1.29, 1.82) is 0 Å². The lowest BCUT2D eigenvalue weighted by Gasteiger charge is -2.23. The molecule has 232 valence electrons. The average molecular weight is 735 g/mol. The molecular formula is C34H25BrClN3O5S2. The summed E-state index contributed by atoms with van der Waals surface area (Å²) in [6.07, 6.45) is 0. The fourth-order valence-corrected chi connectivity index (χ4v) is 7.35. The van der Waals surface area contributed by atoms with E-state index in [-0.39, 0.29) is 16.5 Å². The SMILES string of the molecule is COc1cc(C2/C(=C(/O)c3ccc(Br)cc3)C(=O)C(=O)N2c2nnc(SCc3ccccc3Cl)s2)ccc1OCc1ccccc1. The summed E-state index contributed by atoms with van der Waals surface area (Å²) in [7, 11) is 1.51. The van der Waals surface area contributed by atoms with Gasteiger partial charge in [0.2, 0.25) is 5.13 Å². The second-order valence-corrected chi connectivity index (χ2v) is 13.6. The number of halogens is 2. The van der Waals surface area contributed by atoms with E-state index in [0.717, 1.165) is 15.6 Å². The first-order valence-corrected chi connectivity index (χ1v) is 16.9. The third-order valence-electron chi connectivity index (χ3n) is 7.21. The maximum atomic E-state index is 13.7. The minimum Gasteiger partial charge on any atom is -0.507 e. The number of anilines is 1. The third-order valence-corrected chi connectivity index (χ3v) is 10.2. The molecule has 0 bridgehead atoms. The maximum absolute atomic E-state index is 13.7. The van der Waals surface area contributed by atoms with Gasteiger partial charge in [-0.2, -0.15) is 0 Å². The minimum absolute atomic E-state index is 0.0761. The molecule has 1 N–H and O–H groups in total. The van der Waals surface area contributed by atoms with Crippen LogP contribution in [0.15, 0.2) is 111 Å². The van der Waals surface area contributed by atoms with Gasteiger partial charge in [-0.3, -0.25) is 14.5 Å². The van der Waals surface area contributed by atoms with Crippen LogP contribution in [0.3, 0.4) is 0 Å². The Kier molecular flexibility index (Phi) is 9.74. The van der Waals surface area contributed by atoms with E-state index in [2.05, 4.69) is 26.1 Å². The normalized spacial score (nSPS) is 15.7. The average Bonchev–Trinajstić information content (AvgIpc) is 3.65. The topological polar surface area (TPSA) is 102 Å². The van der Waals surface area contributed by atoms with Gasteiger partial charge in [0.25, 0.3) is 5.78 Å². The number of thioether (sulfide) groups is 1. The van der Waals surface area contributed by atoms with Crippen LogP contribution in [0.1, 0.15) is 28.3 Å². The van der Waals surface area contributed by atoms with Crippen LogP contribution in [-0.4, -0.2) is 34.1 Å². The van der Waals surface area contributed by atoms with Gasteiger partial charge in [0.1, 0.15) is 12.4 Å². The van der Waals surface area contributed by atoms with Crippen molar-refractivity contribution in [3.8, 4) is 11.5 Å². The van der Waals surface area contributed by atoms with Crippen molar-refractivity contribution in [2.75, 3.05) is 12.0 Å². The van der Waals surface area contributed by atoms with Gasteiger partial charge in [-0.15, -0.1) is 10.2 Å². The molecule has 0 spiro atoms. The number of carbonyl (C=O) groups is 2. The molecule has 1 amide bonds. The molecule has 46 heavy (non-hydrogen) atoms. The highest BCUT2D eigenvalue weighted by Gasteiger charge is 2.48. The number of rotatable bonds is 10. The fraction of sp³-hybridized carbons (Fsp3) is 0.118. The highest BCUT2D eigenvalue weighted by atomic mass is 79.9. The van der Waals surface area contributed by atoms with Crippen molar-refractivity contribution in [1.82, 2.24) is 10.2 Å². The van der Waals surface area contributed by atoms with Crippen LogP contribution in [0.25, 0.3) is 5.76 Å². The summed E-state index contributed by atoms with van der Waals surface area (Å²) in [6, 6.07) is 28.2. The lowest BCUT2D eigenvalue weighted by molar-refractivity contribution is -0.132. The Morgan fingerprint density at radius 2 is 1.72 bits per heavy atom. The van der Waals surface area contributed by atoms with Gasteiger partial charge in [-0.05, 0) is 47.0 Å². The first-order valence-electron chi connectivity index (χ1n) is 14.0. The smallest absolute Gasteiger partial charge is 0.301 e. The number of ether oxygens (including phenoxy) is 2. The number of ketones is 1. The number of nitrogens with zero attached hydrogens (tertiary/aromatic N) is 3. The van der Waals surface area contributed by atoms with E-state index in [1.54, 1.807) is 42.5 Å². The number of aliphatic hydroxyl groups is 1. The highest BCUT2D eigenvalue weighted by Crippen LogP contribution is 2.46. The van der Waals surface area contributed by atoms with Crippen molar-refractivity contribution >= 4 is 73.2 Å². The van der Waals surface area contributed by atoms with E-state index in [1.165, 1.54) is 35.1 Å². The van der Waals surface area contributed by atoms with E-state index in [4.69, 9.17) is 21.1 Å². The summed E-state index contributed by atoms with van der Waals surface area (Å²) in [5, 5.41) is 20.9. The van der Waals surface area contributed by atoms with Crippen LogP contribution >= 0.6 is 50.6 Å². The number of carbonyl (C=O) groups excluding carboxylic acids is 2. The summed E-state index contributed by atoms with van der Waals surface area (Å²) in [4.78, 5) is 28.6. The number of methoxy groups -OCH3 is 1. The summed E-state index contributed by atoms with van der Waals surface area (Å²) < 4.78 is 13.1. The number of hydrogen-bond donors (Lipinski definition) is 1. The molecular weight excluding hydrogens is 710 g/mol. The van der Waals surface area contributed by atoms with Crippen LogP contribution in [0.5, 0.6) is 11.5 Å². The van der Waals surface area contributed by atoms with Gasteiger partial charge in [0, 0.05) is 20.8 Å². The van der Waals surface area contributed by atoms with Crippen molar-refractivity contribution in [2.45, 2.75) is 22.7 Å². The largest absolute Gasteiger partial charge is 0.507 e. The van der Waals surface area contributed by atoms with Crippen molar-refractivity contribution in [3.05, 3.63) is 134 Å². The summed E-state index contributed by atoms with van der Waals surface area (Å²) in [5.74, 6) is -0.549. The molecule has 12 heteroatoms. The predicted molar refractivity (Wildman–Crippen MR) is 184 cm³/mol. The summed E-state index contributed by atoms with van der Waals surface area (Å²) in [6.45, 7) is 0.317. The summed E-state index contributed by atoms with van der Waals surface area (Å²) >= 11 is 12.3. The molecule has 2 heterocycles. The number of amides is 1. The highest BCUT2D eigenvalue weighted by molar-refractivity contribution is 9.10. The van der Waals surface area contributed by atoms with Gasteiger partial charge in [0.15, 0.2) is 15.8 Å². The number of hydrogen-bond acceptors (Lipinski definition) is 9. The molecule has 1 aliphatic rings. The molecule has 1 unspecified atom stereocenters. The van der Waals surface area contributed by atoms with Crippen LogP contribution < -0.4 is 14.4 Å². The fourth-order valence-electron chi connectivity index (χ4n) is 4.93. The predicted octanol–water partition coefficient (Wildman–Crippen LogP) is 8.46. The molecule has 0 radical (unpaired) electrons. The molecule has 1 aromatic heterocycles. The molecule has 0 saturated carbocycles. The zero-order valence-corrected chi connectivity index (χ0v) is 28.2. The number of aromatic nitrogens is 2. The number of aliphatic hydroxyl groups excluding tert-OH is 1. The first kappa shape index (κ1) is 31.8. The van der Waals surface area contributed by atoms with Gasteiger partial charge in [0.05, 0.1) is 18.7 Å².